The third-order valence-electron chi connectivity index (χ3n) is 2.54. The molecule has 100 valence electrons. The van der Waals surface area contributed by atoms with Crippen molar-refractivity contribution < 1.29 is 5.11 Å². The number of nitrogens with one attached hydrogen (secondary N) is 1. The fourth-order valence-corrected chi connectivity index (χ4v) is 1.67. The molecule has 2 aromatic rings. The first-order chi connectivity index (χ1) is 8.33. The third-order valence-corrected chi connectivity index (χ3v) is 2.54. The number of halogens is 1. The lowest BCUT2D eigenvalue weighted by molar-refractivity contribution is 0.269. The molecule has 0 aromatic carbocycles. The van der Waals surface area contributed by atoms with E-state index in [-0.39, 0.29) is 19.0 Å². The van der Waals surface area contributed by atoms with Gasteiger partial charge in [0.1, 0.15) is 0 Å². The van der Waals surface area contributed by atoms with Crippen LogP contribution in [0.2, 0.25) is 0 Å². The highest BCUT2D eigenvalue weighted by atomic mass is 35.5. The van der Waals surface area contributed by atoms with Gasteiger partial charge in [0.15, 0.2) is 0 Å². The summed E-state index contributed by atoms with van der Waals surface area (Å²) < 4.78 is 3.66. The predicted octanol–water partition coefficient (Wildman–Crippen LogP) is 1.13. The Morgan fingerprint density at radius 3 is 2.94 bits per heavy atom. The van der Waals surface area contributed by atoms with Crippen LogP contribution in [0, 0.1) is 0 Å². The highest BCUT2D eigenvalue weighted by molar-refractivity contribution is 5.85. The monoisotopic (exact) mass is 271 g/mol. The number of anilines is 1. The zero-order valence-electron chi connectivity index (χ0n) is 10.3. The Labute approximate surface area is 112 Å². The van der Waals surface area contributed by atoms with Gasteiger partial charge < -0.3 is 10.4 Å². The largest absolute Gasteiger partial charge is 0.394 e. The molecule has 0 aliphatic rings. The minimum absolute atomic E-state index is 0. The van der Waals surface area contributed by atoms with E-state index in [0.29, 0.717) is 6.54 Å². The first kappa shape index (κ1) is 14.5. The van der Waals surface area contributed by atoms with Gasteiger partial charge in [0, 0.05) is 18.9 Å². The lowest BCUT2D eigenvalue weighted by Gasteiger charge is -2.05. The Kier molecular flexibility index (Phi) is 5.67. The highest BCUT2D eigenvalue weighted by Crippen LogP contribution is 2.07. The van der Waals surface area contributed by atoms with E-state index in [1.807, 2.05) is 16.9 Å². The van der Waals surface area contributed by atoms with E-state index in [4.69, 9.17) is 5.11 Å². The van der Waals surface area contributed by atoms with Crippen molar-refractivity contribution in [2.75, 3.05) is 11.9 Å². The SMILES string of the molecule is CCn1nccc1CNc1cnn(CCO)c1.Cl. The van der Waals surface area contributed by atoms with Gasteiger partial charge in [-0.25, -0.2) is 0 Å². The molecule has 0 amide bonds. The first-order valence-electron chi connectivity index (χ1n) is 5.71. The van der Waals surface area contributed by atoms with Crippen LogP contribution >= 0.6 is 12.4 Å². The van der Waals surface area contributed by atoms with Crippen molar-refractivity contribution >= 4 is 18.1 Å². The molecule has 2 N–H and O–H groups in total. The summed E-state index contributed by atoms with van der Waals surface area (Å²) in [5, 5.41) is 20.4. The summed E-state index contributed by atoms with van der Waals surface area (Å²) in [6.45, 7) is 4.28. The van der Waals surface area contributed by atoms with E-state index in [9.17, 15) is 0 Å². The molecule has 0 unspecified atom stereocenters. The zero-order chi connectivity index (χ0) is 12.1. The number of aliphatic hydroxyl groups excluding tert-OH is 1. The van der Waals surface area contributed by atoms with Gasteiger partial charge in [0.05, 0.1) is 37.3 Å². The molecule has 6 nitrogen and oxygen atoms in total. The lowest BCUT2D eigenvalue weighted by Crippen LogP contribution is -2.07. The van der Waals surface area contributed by atoms with E-state index in [1.165, 1.54) is 0 Å². The Morgan fingerprint density at radius 2 is 2.22 bits per heavy atom. The van der Waals surface area contributed by atoms with Crippen LogP contribution in [-0.2, 0) is 19.6 Å². The maximum absolute atomic E-state index is 8.78. The van der Waals surface area contributed by atoms with Gasteiger partial charge in [0.25, 0.3) is 0 Å². The second-order valence-corrected chi connectivity index (χ2v) is 3.71. The standard InChI is InChI=1S/C11H17N5O.ClH/c1-2-16-11(3-4-13-16)8-12-10-7-14-15(9-10)5-6-17;/h3-4,7,9,12,17H,2,5-6,8H2,1H3;1H. The summed E-state index contributed by atoms with van der Waals surface area (Å²) in [4.78, 5) is 0. The topological polar surface area (TPSA) is 67.9 Å². The van der Waals surface area contributed by atoms with Gasteiger partial charge in [-0.2, -0.15) is 10.2 Å². The summed E-state index contributed by atoms with van der Waals surface area (Å²) in [5.74, 6) is 0. The minimum atomic E-state index is 0. The Morgan fingerprint density at radius 1 is 1.39 bits per heavy atom. The summed E-state index contributed by atoms with van der Waals surface area (Å²) in [7, 11) is 0. The molecule has 0 radical (unpaired) electrons. The van der Waals surface area contributed by atoms with Crippen molar-refractivity contribution in [3.63, 3.8) is 0 Å². The molecule has 0 bridgehead atoms. The summed E-state index contributed by atoms with van der Waals surface area (Å²) in [5.41, 5.74) is 2.09. The quantitative estimate of drug-likeness (QED) is 0.826. The average molecular weight is 272 g/mol. The lowest BCUT2D eigenvalue weighted by atomic mass is 10.4. The fourth-order valence-electron chi connectivity index (χ4n) is 1.67. The smallest absolute Gasteiger partial charge is 0.0729 e. The van der Waals surface area contributed by atoms with Crippen molar-refractivity contribution in [3.8, 4) is 0 Å². The molecule has 7 heteroatoms. The fraction of sp³-hybridized carbons (Fsp3) is 0.455. The van der Waals surface area contributed by atoms with Gasteiger partial charge >= 0.3 is 0 Å². The van der Waals surface area contributed by atoms with E-state index >= 15 is 0 Å². The number of aromatic nitrogens is 4. The number of nitrogens with zero attached hydrogens (tertiary/aromatic N) is 4. The molecule has 2 aromatic heterocycles. The average Bonchev–Trinajstić information content (AvgIpc) is 2.95. The number of hydrogen-bond donors (Lipinski definition) is 2. The molecule has 0 atom stereocenters. The molecule has 2 heterocycles. The van der Waals surface area contributed by atoms with Crippen molar-refractivity contribution in [2.45, 2.75) is 26.6 Å². The van der Waals surface area contributed by atoms with Gasteiger partial charge in [-0.15, -0.1) is 12.4 Å². The summed E-state index contributed by atoms with van der Waals surface area (Å²) >= 11 is 0. The number of rotatable bonds is 6. The van der Waals surface area contributed by atoms with Crippen molar-refractivity contribution in [1.29, 1.82) is 0 Å². The Balaban J connectivity index is 0.00000162. The van der Waals surface area contributed by atoms with Crippen molar-refractivity contribution in [2.24, 2.45) is 0 Å². The van der Waals surface area contributed by atoms with Crippen LogP contribution in [0.1, 0.15) is 12.6 Å². The molecule has 18 heavy (non-hydrogen) atoms. The van der Waals surface area contributed by atoms with Gasteiger partial charge in [-0.3, -0.25) is 9.36 Å². The van der Waals surface area contributed by atoms with Crippen LogP contribution in [0.3, 0.4) is 0 Å². The molecular weight excluding hydrogens is 254 g/mol. The second kappa shape index (κ2) is 7.03. The maximum atomic E-state index is 8.78. The Hall–Kier alpha value is -1.53. The van der Waals surface area contributed by atoms with Crippen LogP contribution in [0.5, 0.6) is 0 Å². The van der Waals surface area contributed by atoms with Crippen LogP contribution in [0.15, 0.2) is 24.7 Å². The highest BCUT2D eigenvalue weighted by Gasteiger charge is 2.01. The molecule has 0 saturated heterocycles. The van der Waals surface area contributed by atoms with Crippen LogP contribution in [0.4, 0.5) is 5.69 Å². The molecule has 0 spiro atoms. The van der Waals surface area contributed by atoms with Crippen molar-refractivity contribution in [3.05, 3.63) is 30.4 Å². The van der Waals surface area contributed by atoms with Crippen molar-refractivity contribution in [1.82, 2.24) is 19.6 Å². The van der Waals surface area contributed by atoms with Gasteiger partial charge in [-0.1, -0.05) is 0 Å². The molecule has 0 aliphatic heterocycles. The summed E-state index contributed by atoms with van der Waals surface area (Å²) in [6.07, 6.45) is 5.43. The maximum Gasteiger partial charge on any atom is 0.0729 e. The van der Waals surface area contributed by atoms with E-state index < -0.39 is 0 Å². The zero-order valence-corrected chi connectivity index (χ0v) is 11.1. The van der Waals surface area contributed by atoms with E-state index in [2.05, 4.69) is 22.4 Å². The Bertz CT molecular complexity index is 467. The first-order valence-corrected chi connectivity index (χ1v) is 5.71. The molecule has 0 fully saturated rings. The second-order valence-electron chi connectivity index (χ2n) is 3.71. The predicted molar refractivity (Wildman–Crippen MR) is 71.8 cm³/mol. The van der Waals surface area contributed by atoms with E-state index in [1.54, 1.807) is 17.1 Å². The van der Waals surface area contributed by atoms with Gasteiger partial charge in [0.2, 0.25) is 0 Å². The molecule has 0 aliphatic carbocycles. The molecular formula is C11H18ClN5O. The number of hydrogen-bond acceptors (Lipinski definition) is 4. The van der Waals surface area contributed by atoms with Crippen LogP contribution in [0.25, 0.3) is 0 Å². The minimum Gasteiger partial charge on any atom is -0.394 e. The third kappa shape index (κ3) is 3.48. The number of aryl methyl sites for hydroxylation is 1. The molecule has 2 rings (SSSR count). The number of aliphatic hydroxyl groups is 1. The summed E-state index contributed by atoms with van der Waals surface area (Å²) in [6, 6.07) is 1.99. The molecule has 0 saturated carbocycles. The van der Waals surface area contributed by atoms with E-state index in [0.717, 1.165) is 24.5 Å². The van der Waals surface area contributed by atoms with Crippen LogP contribution < -0.4 is 5.32 Å². The normalized spacial score (nSPS) is 10.1. The van der Waals surface area contributed by atoms with Gasteiger partial charge in [-0.05, 0) is 13.0 Å². The van der Waals surface area contributed by atoms with Crippen LogP contribution in [-0.4, -0.2) is 31.3 Å².